The Hall–Kier alpha value is -2.61. The molecule has 1 aromatic carbocycles. The summed E-state index contributed by atoms with van der Waals surface area (Å²) in [5.41, 5.74) is 1.36. The Morgan fingerprint density at radius 3 is 2.37 bits per heavy atom. The van der Waals surface area contributed by atoms with Crippen LogP contribution in [0.3, 0.4) is 0 Å². The number of ether oxygens (including phenoxy) is 2. The van der Waals surface area contributed by atoms with Crippen molar-refractivity contribution in [1.29, 1.82) is 0 Å². The highest BCUT2D eigenvalue weighted by Gasteiger charge is 2.31. The van der Waals surface area contributed by atoms with Crippen LogP contribution in [0, 0.1) is 0 Å². The van der Waals surface area contributed by atoms with Crippen molar-refractivity contribution in [2.24, 2.45) is 0 Å². The molecule has 3 amide bonds. The molecule has 1 aromatic rings. The number of carbonyl (C=O) groups excluding carboxylic acids is 3. The minimum Gasteiger partial charge on any atom is -0.465 e. The lowest BCUT2D eigenvalue weighted by atomic mass is 10.1. The quantitative estimate of drug-likeness (QED) is 0.794. The number of amides is 3. The normalized spacial score (nSPS) is 19.7. The third-order valence-electron chi connectivity index (χ3n) is 4.90. The largest absolute Gasteiger partial charge is 0.465 e. The summed E-state index contributed by atoms with van der Waals surface area (Å²) in [4.78, 5) is 39.6. The lowest BCUT2D eigenvalue weighted by molar-refractivity contribution is -0.142. The van der Waals surface area contributed by atoms with Crippen molar-refractivity contribution in [3.8, 4) is 0 Å². The van der Waals surface area contributed by atoms with Gasteiger partial charge in [-0.05, 0) is 30.5 Å². The standard InChI is InChI=1S/C19H25N3O5/c1-26-18(24)15-6-4-14(5-7-15)13-20-19(25)22-10-8-21(9-11-22)17(23)16-3-2-12-27-16/h4-7,16H,2-3,8-13H2,1H3,(H,20,25). The van der Waals surface area contributed by atoms with E-state index < -0.39 is 0 Å². The van der Waals surface area contributed by atoms with Gasteiger partial charge < -0.3 is 24.6 Å². The molecule has 8 heteroatoms. The van der Waals surface area contributed by atoms with E-state index in [-0.39, 0.29) is 24.0 Å². The first-order chi connectivity index (χ1) is 13.1. The maximum atomic E-state index is 12.3. The second kappa shape index (κ2) is 8.85. The van der Waals surface area contributed by atoms with Crippen LogP contribution in [-0.2, 0) is 20.8 Å². The summed E-state index contributed by atoms with van der Waals surface area (Å²) in [6.07, 6.45) is 1.41. The molecule has 0 spiro atoms. The molecule has 1 unspecified atom stereocenters. The molecule has 0 bridgehead atoms. The molecular weight excluding hydrogens is 350 g/mol. The monoisotopic (exact) mass is 375 g/mol. The van der Waals surface area contributed by atoms with Gasteiger partial charge in [0.1, 0.15) is 6.10 Å². The first kappa shape index (κ1) is 19.2. The van der Waals surface area contributed by atoms with Crippen molar-refractivity contribution in [2.75, 3.05) is 39.9 Å². The van der Waals surface area contributed by atoms with Gasteiger partial charge in [0, 0.05) is 39.3 Å². The molecule has 0 aliphatic carbocycles. The van der Waals surface area contributed by atoms with Crippen LogP contribution in [0.25, 0.3) is 0 Å². The Balaban J connectivity index is 1.43. The Morgan fingerprint density at radius 1 is 1.11 bits per heavy atom. The molecular formula is C19H25N3O5. The maximum Gasteiger partial charge on any atom is 0.337 e. The van der Waals surface area contributed by atoms with Crippen LogP contribution in [-0.4, -0.2) is 73.7 Å². The van der Waals surface area contributed by atoms with Crippen molar-refractivity contribution in [3.63, 3.8) is 0 Å². The Labute approximate surface area is 158 Å². The summed E-state index contributed by atoms with van der Waals surface area (Å²) in [6.45, 7) is 3.09. The molecule has 2 aliphatic heterocycles. The SMILES string of the molecule is COC(=O)c1ccc(CNC(=O)N2CCN(C(=O)C3CCCO3)CC2)cc1. The first-order valence-electron chi connectivity index (χ1n) is 9.19. The molecule has 2 heterocycles. The van der Waals surface area contributed by atoms with E-state index >= 15 is 0 Å². The van der Waals surface area contributed by atoms with Crippen LogP contribution in [0.4, 0.5) is 4.79 Å². The number of esters is 1. The van der Waals surface area contributed by atoms with Crippen molar-refractivity contribution in [1.82, 2.24) is 15.1 Å². The fourth-order valence-electron chi connectivity index (χ4n) is 3.27. The van der Waals surface area contributed by atoms with Crippen molar-refractivity contribution in [2.45, 2.75) is 25.5 Å². The van der Waals surface area contributed by atoms with E-state index in [9.17, 15) is 14.4 Å². The second-order valence-corrected chi connectivity index (χ2v) is 6.66. The highest BCUT2D eigenvalue weighted by molar-refractivity contribution is 5.89. The average Bonchev–Trinajstić information content (AvgIpc) is 3.26. The third kappa shape index (κ3) is 4.77. The fraction of sp³-hybridized carbons (Fsp3) is 0.526. The number of methoxy groups -OCH3 is 1. The molecule has 8 nitrogen and oxygen atoms in total. The second-order valence-electron chi connectivity index (χ2n) is 6.66. The van der Waals surface area contributed by atoms with E-state index in [1.807, 2.05) is 0 Å². The number of nitrogens with one attached hydrogen (secondary N) is 1. The van der Waals surface area contributed by atoms with Gasteiger partial charge in [-0.15, -0.1) is 0 Å². The number of urea groups is 1. The maximum absolute atomic E-state index is 12.3. The number of hydrogen-bond acceptors (Lipinski definition) is 5. The zero-order valence-corrected chi connectivity index (χ0v) is 15.5. The Kier molecular flexibility index (Phi) is 6.28. The molecule has 0 radical (unpaired) electrons. The Morgan fingerprint density at radius 2 is 1.78 bits per heavy atom. The summed E-state index contributed by atoms with van der Waals surface area (Å²) in [7, 11) is 1.34. The average molecular weight is 375 g/mol. The number of carbonyl (C=O) groups is 3. The van der Waals surface area contributed by atoms with Gasteiger partial charge >= 0.3 is 12.0 Å². The van der Waals surface area contributed by atoms with E-state index in [0.29, 0.717) is 44.9 Å². The number of hydrogen-bond donors (Lipinski definition) is 1. The van der Waals surface area contributed by atoms with Crippen LogP contribution < -0.4 is 5.32 Å². The number of rotatable bonds is 4. The summed E-state index contributed by atoms with van der Waals surface area (Å²) < 4.78 is 10.1. The molecule has 146 valence electrons. The molecule has 27 heavy (non-hydrogen) atoms. The van der Waals surface area contributed by atoms with Gasteiger partial charge in [-0.2, -0.15) is 0 Å². The Bertz CT molecular complexity index is 677. The van der Waals surface area contributed by atoms with E-state index in [1.165, 1.54) is 7.11 Å². The number of benzene rings is 1. The lowest BCUT2D eigenvalue weighted by Gasteiger charge is -2.35. The summed E-state index contributed by atoms with van der Waals surface area (Å²) in [5.74, 6) is -0.348. The van der Waals surface area contributed by atoms with Gasteiger partial charge in [-0.3, -0.25) is 4.79 Å². The van der Waals surface area contributed by atoms with Crippen LogP contribution in [0.2, 0.25) is 0 Å². The summed E-state index contributed by atoms with van der Waals surface area (Å²) >= 11 is 0. The molecule has 3 rings (SSSR count). The van der Waals surface area contributed by atoms with E-state index in [1.54, 1.807) is 34.1 Å². The van der Waals surface area contributed by atoms with Crippen molar-refractivity contribution < 1.29 is 23.9 Å². The third-order valence-corrected chi connectivity index (χ3v) is 4.90. The number of piperazine rings is 1. The zero-order valence-electron chi connectivity index (χ0n) is 15.5. The van der Waals surface area contributed by atoms with Gasteiger partial charge in [-0.25, -0.2) is 9.59 Å². The zero-order chi connectivity index (χ0) is 19.2. The van der Waals surface area contributed by atoms with E-state index in [0.717, 1.165) is 18.4 Å². The molecule has 2 aliphatic rings. The predicted molar refractivity (Wildman–Crippen MR) is 97.1 cm³/mol. The minimum atomic E-state index is -0.388. The van der Waals surface area contributed by atoms with Gasteiger partial charge in [0.15, 0.2) is 0 Å². The van der Waals surface area contributed by atoms with Crippen LogP contribution in [0.5, 0.6) is 0 Å². The molecule has 0 saturated carbocycles. The lowest BCUT2D eigenvalue weighted by Crippen LogP contribution is -2.54. The smallest absolute Gasteiger partial charge is 0.337 e. The highest BCUT2D eigenvalue weighted by Crippen LogP contribution is 2.16. The molecule has 2 fully saturated rings. The molecule has 1 N–H and O–H groups in total. The topological polar surface area (TPSA) is 88.2 Å². The molecule has 2 saturated heterocycles. The summed E-state index contributed by atoms with van der Waals surface area (Å²) in [6, 6.07) is 6.75. The van der Waals surface area contributed by atoms with E-state index in [2.05, 4.69) is 10.1 Å². The minimum absolute atomic E-state index is 0.0400. The molecule has 0 aromatic heterocycles. The van der Waals surface area contributed by atoms with Gasteiger partial charge in [-0.1, -0.05) is 12.1 Å². The van der Waals surface area contributed by atoms with Gasteiger partial charge in [0.25, 0.3) is 5.91 Å². The fourth-order valence-corrected chi connectivity index (χ4v) is 3.27. The van der Waals surface area contributed by atoms with E-state index in [4.69, 9.17) is 4.74 Å². The van der Waals surface area contributed by atoms with Crippen LogP contribution >= 0.6 is 0 Å². The van der Waals surface area contributed by atoms with Gasteiger partial charge in [0.05, 0.1) is 12.7 Å². The summed E-state index contributed by atoms with van der Waals surface area (Å²) in [5, 5.41) is 2.87. The molecule has 1 atom stereocenters. The number of nitrogens with zero attached hydrogens (tertiary/aromatic N) is 2. The van der Waals surface area contributed by atoms with Crippen molar-refractivity contribution >= 4 is 17.9 Å². The van der Waals surface area contributed by atoms with Gasteiger partial charge in [0.2, 0.25) is 0 Å². The van der Waals surface area contributed by atoms with Crippen molar-refractivity contribution in [3.05, 3.63) is 35.4 Å². The highest BCUT2D eigenvalue weighted by atomic mass is 16.5. The van der Waals surface area contributed by atoms with Crippen LogP contribution in [0.1, 0.15) is 28.8 Å². The first-order valence-corrected chi connectivity index (χ1v) is 9.19. The van der Waals surface area contributed by atoms with Crippen LogP contribution in [0.15, 0.2) is 24.3 Å². The predicted octanol–water partition coefficient (Wildman–Crippen LogP) is 1.01.